The van der Waals surface area contributed by atoms with Crippen LogP contribution in [0.5, 0.6) is 0 Å². The van der Waals surface area contributed by atoms with Crippen LogP contribution in [0.15, 0.2) is 5.11 Å². The van der Waals surface area contributed by atoms with E-state index in [1.54, 1.807) is 11.9 Å². The number of hydrogen-bond donors (Lipinski definition) is 1. The van der Waals surface area contributed by atoms with Crippen molar-refractivity contribution in [2.24, 2.45) is 5.11 Å². The molecule has 6 heteroatoms. The van der Waals surface area contributed by atoms with Crippen LogP contribution in [0.1, 0.15) is 25.7 Å². The van der Waals surface area contributed by atoms with Crippen molar-refractivity contribution >= 4 is 5.91 Å². The summed E-state index contributed by atoms with van der Waals surface area (Å²) >= 11 is 0. The van der Waals surface area contributed by atoms with Gasteiger partial charge in [0.15, 0.2) is 0 Å². The summed E-state index contributed by atoms with van der Waals surface area (Å²) in [6, 6.07) is 0. The first-order chi connectivity index (χ1) is 7.22. The van der Waals surface area contributed by atoms with Gasteiger partial charge in [0.1, 0.15) is 0 Å². The Bertz CT molecular complexity index is 226. The van der Waals surface area contributed by atoms with Gasteiger partial charge >= 0.3 is 0 Å². The number of azide groups is 1. The van der Waals surface area contributed by atoms with Crippen LogP contribution in [0.25, 0.3) is 10.4 Å². The number of carbonyl (C=O) groups excluding carboxylic acids is 1. The monoisotopic (exact) mass is 214 g/mol. The molecule has 0 bridgehead atoms. The van der Waals surface area contributed by atoms with Gasteiger partial charge in [-0.1, -0.05) is 5.11 Å². The van der Waals surface area contributed by atoms with Gasteiger partial charge < -0.3 is 10.0 Å². The lowest BCUT2D eigenvalue weighted by Crippen LogP contribution is -2.27. The lowest BCUT2D eigenvalue weighted by molar-refractivity contribution is -0.130. The Morgan fingerprint density at radius 3 is 2.80 bits per heavy atom. The summed E-state index contributed by atoms with van der Waals surface area (Å²) in [4.78, 5) is 15.7. The van der Waals surface area contributed by atoms with Gasteiger partial charge in [-0.3, -0.25) is 4.79 Å². The number of nitrogens with zero attached hydrogens (tertiary/aromatic N) is 4. The van der Waals surface area contributed by atoms with Gasteiger partial charge in [-0.25, -0.2) is 0 Å². The van der Waals surface area contributed by atoms with Gasteiger partial charge in [-0.15, -0.1) is 0 Å². The first-order valence-electron chi connectivity index (χ1n) is 5.08. The van der Waals surface area contributed by atoms with Crippen molar-refractivity contribution in [3.63, 3.8) is 0 Å². The maximum absolute atomic E-state index is 11.4. The Hall–Kier alpha value is -1.26. The Morgan fingerprint density at radius 1 is 1.47 bits per heavy atom. The number of unbranched alkanes of at least 4 members (excludes halogenated alkanes) is 1. The molecule has 15 heavy (non-hydrogen) atoms. The first kappa shape index (κ1) is 13.7. The van der Waals surface area contributed by atoms with Crippen molar-refractivity contribution in [1.82, 2.24) is 4.90 Å². The van der Waals surface area contributed by atoms with E-state index < -0.39 is 0 Å². The smallest absolute Gasteiger partial charge is 0.222 e. The summed E-state index contributed by atoms with van der Waals surface area (Å²) in [6.45, 7) is 1.14. The molecular formula is C9H18N4O2. The predicted octanol–water partition coefficient (Wildman–Crippen LogP) is 1.31. The lowest BCUT2D eigenvalue weighted by Gasteiger charge is -2.16. The molecule has 0 saturated heterocycles. The van der Waals surface area contributed by atoms with Gasteiger partial charge in [-0.05, 0) is 24.8 Å². The average Bonchev–Trinajstić information content (AvgIpc) is 2.25. The number of aliphatic hydroxyl groups excluding tert-OH is 1. The highest BCUT2D eigenvalue weighted by Crippen LogP contribution is 2.00. The number of rotatable bonds is 8. The molecule has 0 rings (SSSR count). The minimum atomic E-state index is 0.0735. The third kappa shape index (κ3) is 7.78. The van der Waals surface area contributed by atoms with E-state index in [0.29, 0.717) is 25.9 Å². The van der Waals surface area contributed by atoms with Crippen molar-refractivity contribution in [2.75, 3.05) is 26.7 Å². The molecular weight excluding hydrogens is 196 g/mol. The predicted molar refractivity (Wildman–Crippen MR) is 57.2 cm³/mol. The molecule has 0 atom stereocenters. The second-order valence-electron chi connectivity index (χ2n) is 3.30. The SMILES string of the molecule is CN(CCCO)C(=O)CCCCN=[N+]=[N-]. The van der Waals surface area contributed by atoms with Crippen LogP contribution in [0.3, 0.4) is 0 Å². The highest BCUT2D eigenvalue weighted by Gasteiger charge is 2.06. The topological polar surface area (TPSA) is 89.3 Å². The molecule has 0 heterocycles. The number of aliphatic hydroxyl groups is 1. The molecule has 0 aromatic carbocycles. The molecule has 1 N–H and O–H groups in total. The Kier molecular flexibility index (Phi) is 8.52. The molecule has 0 aromatic rings. The van der Waals surface area contributed by atoms with Gasteiger partial charge in [0.2, 0.25) is 5.91 Å². The molecule has 0 aromatic heterocycles. The van der Waals surface area contributed by atoms with E-state index in [9.17, 15) is 4.79 Å². The van der Waals surface area contributed by atoms with Crippen LogP contribution in [0, 0.1) is 0 Å². The van der Waals surface area contributed by atoms with E-state index in [1.165, 1.54) is 0 Å². The molecule has 6 nitrogen and oxygen atoms in total. The quantitative estimate of drug-likeness (QED) is 0.285. The first-order valence-corrected chi connectivity index (χ1v) is 5.08. The molecule has 86 valence electrons. The third-order valence-electron chi connectivity index (χ3n) is 2.04. The largest absolute Gasteiger partial charge is 0.396 e. The van der Waals surface area contributed by atoms with E-state index in [-0.39, 0.29) is 12.5 Å². The molecule has 0 spiro atoms. The lowest BCUT2D eigenvalue weighted by atomic mass is 10.2. The molecule has 0 unspecified atom stereocenters. The fourth-order valence-electron chi connectivity index (χ4n) is 1.13. The van der Waals surface area contributed by atoms with E-state index in [0.717, 1.165) is 12.8 Å². The summed E-state index contributed by atoms with van der Waals surface area (Å²) < 4.78 is 0. The third-order valence-corrected chi connectivity index (χ3v) is 2.04. The minimum Gasteiger partial charge on any atom is -0.396 e. The Morgan fingerprint density at radius 2 is 2.20 bits per heavy atom. The van der Waals surface area contributed by atoms with E-state index >= 15 is 0 Å². The molecule has 1 amide bonds. The summed E-state index contributed by atoms with van der Waals surface area (Å²) in [6.07, 6.45) is 2.56. The Labute approximate surface area is 89.5 Å². The fourth-order valence-corrected chi connectivity index (χ4v) is 1.13. The van der Waals surface area contributed by atoms with Crippen LogP contribution in [-0.2, 0) is 4.79 Å². The van der Waals surface area contributed by atoms with Crippen molar-refractivity contribution in [3.05, 3.63) is 10.4 Å². The average molecular weight is 214 g/mol. The maximum Gasteiger partial charge on any atom is 0.222 e. The summed E-state index contributed by atoms with van der Waals surface area (Å²) in [7, 11) is 1.73. The Balaban J connectivity index is 3.50. The fraction of sp³-hybridized carbons (Fsp3) is 0.889. The number of carbonyl (C=O) groups is 1. The molecule has 0 aliphatic rings. The highest BCUT2D eigenvalue weighted by atomic mass is 16.3. The molecule has 0 radical (unpaired) electrons. The van der Waals surface area contributed by atoms with Crippen LogP contribution < -0.4 is 0 Å². The van der Waals surface area contributed by atoms with Crippen molar-refractivity contribution in [3.8, 4) is 0 Å². The second kappa shape index (κ2) is 9.30. The van der Waals surface area contributed by atoms with Crippen LogP contribution in [-0.4, -0.2) is 42.7 Å². The minimum absolute atomic E-state index is 0.0735. The zero-order valence-corrected chi connectivity index (χ0v) is 9.09. The normalized spacial score (nSPS) is 9.47. The zero-order valence-electron chi connectivity index (χ0n) is 9.09. The van der Waals surface area contributed by atoms with Gasteiger partial charge in [-0.2, -0.15) is 0 Å². The summed E-state index contributed by atoms with van der Waals surface area (Å²) in [5.74, 6) is 0.0735. The van der Waals surface area contributed by atoms with E-state index in [2.05, 4.69) is 10.0 Å². The van der Waals surface area contributed by atoms with Gasteiger partial charge in [0.05, 0.1) is 0 Å². The van der Waals surface area contributed by atoms with Gasteiger partial charge in [0.25, 0.3) is 0 Å². The number of amides is 1. The van der Waals surface area contributed by atoms with E-state index in [4.69, 9.17) is 10.6 Å². The maximum atomic E-state index is 11.4. The van der Waals surface area contributed by atoms with Crippen LogP contribution in [0.2, 0.25) is 0 Å². The van der Waals surface area contributed by atoms with E-state index in [1.807, 2.05) is 0 Å². The zero-order chi connectivity index (χ0) is 11.5. The highest BCUT2D eigenvalue weighted by molar-refractivity contribution is 5.75. The van der Waals surface area contributed by atoms with Crippen LogP contribution >= 0.6 is 0 Å². The van der Waals surface area contributed by atoms with Crippen LogP contribution in [0.4, 0.5) is 0 Å². The van der Waals surface area contributed by atoms with Crippen molar-refractivity contribution < 1.29 is 9.90 Å². The van der Waals surface area contributed by atoms with Gasteiger partial charge in [0, 0.05) is 38.1 Å². The molecule has 0 fully saturated rings. The molecule has 0 saturated carbocycles. The second-order valence-corrected chi connectivity index (χ2v) is 3.30. The summed E-state index contributed by atoms with van der Waals surface area (Å²) in [5, 5.41) is 12.0. The van der Waals surface area contributed by atoms with Crippen molar-refractivity contribution in [1.29, 1.82) is 0 Å². The van der Waals surface area contributed by atoms with Crippen molar-refractivity contribution in [2.45, 2.75) is 25.7 Å². The standard InChI is InChI=1S/C9H18N4O2/c1-13(7-4-8-14)9(15)5-2-3-6-11-12-10/h14H,2-8H2,1H3. The molecule has 0 aliphatic carbocycles. The number of hydrogen-bond acceptors (Lipinski definition) is 3. The molecule has 0 aliphatic heterocycles. The summed E-state index contributed by atoms with van der Waals surface area (Å²) in [5.41, 5.74) is 8.02.